The number of ether oxygens (including phenoxy) is 1. The summed E-state index contributed by atoms with van der Waals surface area (Å²) in [7, 11) is 0. The van der Waals surface area contributed by atoms with Crippen molar-refractivity contribution in [2.45, 2.75) is 50.4 Å². The van der Waals surface area contributed by atoms with Gasteiger partial charge in [-0.05, 0) is 44.7 Å². The quantitative estimate of drug-likeness (QED) is 0.588. The molecule has 0 unspecified atom stereocenters. The lowest BCUT2D eigenvalue weighted by Gasteiger charge is -2.21. The standard InChI is InChI=1S/C20H18F4N2O4/c1-2-30-17(28)12-9-26(10-3-4-10)15-8-13(14(21)7-11(15)16(12)27)19(5-6-19)25-18(29)20(22,23)24/h7-10H,2-6H2,1H3,(H,25,29). The summed E-state index contributed by atoms with van der Waals surface area (Å²) in [6.45, 7) is 1.66. The Morgan fingerprint density at radius 3 is 2.47 bits per heavy atom. The lowest BCUT2D eigenvalue weighted by Crippen LogP contribution is -2.43. The zero-order valence-corrected chi connectivity index (χ0v) is 15.9. The number of hydrogen-bond acceptors (Lipinski definition) is 4. The maximum atomic E-state index is 14.9. The number of carbonyl (C=O) groups excluding carboxylic acids is 2. The number of fused-ring (bicyclic) bond motifs is 1. The van der Waals surface area contributed by atoms with Crippen LogP contribution in [0.3, 0.4) is 0 Å². The molecule has 10 heteroatoms. The molecule has 30 heavy (non-hydrogen) atoms. The molecule has 0 radical (unpaired) electrons. The normalized spacial score (nSPS) is 17.6. The van der Waals surface area contributed by atoms with Crippen molar-refractivity contribution in [3.05, 3.63) is 45.5 Å². The number of carbonyl (C=O) groups is 2. The maximum Gasteiger partial charge on any atom is 0.471 e. The van der Waals surface area contributed by atoms with Gasteiger partial charge in [0.2, 0.25) is 5.43 Å². The van der Waals surface area contributed by atoms with Gasteiger partial charge in [-0.3, -0.25) is 9.59 Å². The smallest absolute Gasteiger partial charge is 0.462 e. The first-order chi connectivity index (χ1) is 14.1. The molecule has 1 aromatic heterocycles. The van der Waals surface area contributed by atoms with E-state index in [1.54, 1.807) is 11.5 Å². The molecule has 0 spiro atoms. The van der Waals surface area contributed by atoms with Crippen molar-refractivity contribution in [1.82, 2.24) is 9.88 Å². The van der Waals surface area contributed by atoms with Crippen molar-refractivity contribution in [2.75, 3.05) is 6.61 Å². The van der Waals surface area contributed by atoms with E-state index in [1.807, 2.05) is 5.32 Å². The topological polar surface area (TPSA) is 77.4 Å². The van der Waals surface area contributed by atoms with E-state index in [0.29, 0.717) is 5.52 Å². The van der Waals surface area contributed by atoms with Gasteiger partial charge in [-0.15, -0.1) is 0 Å². The van der Waals surface area contributed by atoms with Gasteiger partial charge in [0.05, 0.1) is 17.7 Å². The zero-order valence-electron chi connectivity index (χ0n) is 15.9. The van der Waals surface area contributed by atoms with Gasteiger partial charge in [0.15, 0.2) is 0 Å². The van der Waals surface area contributed by atoms with Gasteiger partial charge in [0.1, 0.15) is 11.4 Å². The highest BCUT2D eigenvalue weighted by atomic mass is 19.4. The maximum absolute atomic E-state index is 14.9. The van der Waals surface area contributed by atoms with Gasteiger partial charge in [-0.1, -0.05) is 0 Å². The van der Waals surface area contributed by atoms with Gasteiger partial charge in [-0.2, -0.15) is 13.2 Å². The molecule has 0 saturated heterocycles. The number of alkyl halides is 3. The van der Waals surface area contributed by atoms with E-state index in [4.69, 9.17) is 4.74 Å². The fourth-order valence-electron chi connectivity index (χ4n) is 3.62. The third kappa shape index (κ3) is 3.44. The van der Waals surface area contributed by atoms with Crippen LogP contribution in [0.25, 0.3) is 10.9 Å². The summed E-state index contributed by atoms with van der Waals surface area (Å²) in [6.07, 6.45) is -1.88. The molecular weight excluding hydrogens is 408 g/mol. The van der Waals surface area contributed by atoms with Crippen molar-refractivity contribution in [3.8, 4) is 0 Å². The lowest BCUT2D eigenvalue weighted by atomic mass is 10.00. The van der Waals surface area contributed by atoms with Crippen LogP contribution in [0.15, 0.2) is 23.1 Å². The van der Waals surface area contributed by atoms with Gasteiger partial charge >= 0.3 is 18.1 Å². The Morgan fingerprint density at radius 2 is 1.93 bits per heavy atom. The number of aromatic nitrogens is 1. The van der Waals surface area contributed by atoms with E-state index < -0.39 is 34.8 Å². The average Bonchev–Trinajstić information content (AvgIpc) is 3.57. The fraction of sp³-hybridized carbons (Fsp3) is 0.450. The molecule has 2 aromatic rings. The molecule has 2 saturated carbocycles. The van der Waals surface area contributed by atoms with Crippen LogP contribution >= 0.6 is 0 Å². The van der Waals surface area contributed by atoms with Crippen molar-refractivity contribution >= 4 is 22.8 Å². The molecule has 160 valence electrons. The van der Waals surface area contributed by atoms with Gasteiger partial charge in [0.25, 0.3) is 0 Å². The first kappa shape index (κ1) is 20.4. The highest BCUT2D eigenvalue weighted by molar-refractivity contribution is 5.94. The molecule has 2 aliphatic rings. The fourth-order valence-corrected chi connectivity index (χ4v) is 3.62. The molecule has 2 fully saturated rings. The van der Waals surface area contributed by atoms with Crippen molar-refractivity contribution in [1.29, 1.82) is 0 Å². The Kier molecular flexibility index (Phi) is 4.63. The summed E-state index contributed by atoms with van der Waals surface area (Å²) < 4.78 is 59.6. The monoisotopic (exact) mass is 426 g/mol. The summed E-state index contributed by atoms with van der Waals surface area (Å²) in [6, 6.07) is 2.22. The van der Waals surface area contributed by atoms with E-state index in [-0.39, 0.29) is 42.0 Å². The van der Waals surface area contributed by atoms with Crippen LogP contribution in [-0.2, 0) is 15.1 Å². The Balaban J connectivity index is 1.85. The molecule has 1 aromatic carbocycles. The lowest BCUT2D eigenvalue weighted by molar-refractivity contribution is -0.174. The average molecular weight is 426 g/mol. The summed E-state index contributed by atoms with van der Waals surface area (Å²) in [4.78, 5) is 36.4. The van der Waals surface area contributed by atoms with E-state index in [9.17, 15) is 31.9 Å². The van der Waals surface area contributed by atoms with Crippen molar-refractivity contribution in [2.24, 2.45) is 0 Å². The minimum atomic E-state index is -5.09. The number of halogens is 4. The Morgan fingerprint density at radius 1 is 1.27 bits per heavy atom. The number of pyridine rings is 1. The number of rotatable bonds is 5. The van der Waals surface area contributed by atoms with Crippen LogP contribution < -0.4 is 10.7 Å². The summed E-state index contributed by atoms with van der Waals surface area (Å²) >= 11 is 0. The third-order valence-corrected chi connectivity index (χ3v) is 5.43. The second-order valence-electron chi connectivity index (χ2n) is 7.61. The Hall–Kier alpha value is -2.91. The largest absolute Gasteiger partial charge is 0.471 e. The molecule has 4 rings (SSSR count). The van der Waals surface area contributed by atoms with Gasteiger partial charge < -0.3 is 14.6 Å². The number of esters is 1. The van der Waals surface area contributed by atoms with Crippen LogP contribution in [0.2, 0.25) is 0 Å². The number of nitrogens with one attached hydrogen (secondary N) is 1. The highest BCUT2D eigenvalue weighted by Gasteiger charge is 2.52. The minimum absolute atomic E-state index is 0.0143. The van der Waals surface area contributed by atoms with Crippen molar-refractivity contribution in [3.63, 3.8) is 0 Å². The molecule has 1 N–H and O–H groups in total. The summed E-state index contributed by atoms with van der Waals surface area (Å²) in [5.41, 5.74) is -2.20. The number of hydrogen-bond donors (Lipinski definition) is 1. The summed E-state index contributed by atoms with van der Waals surface area (Å²) in [5, 5.41) is 1.83. The Bertz CT molecular complexity index is 1110. The van der Waals surface area contributed by atoms with Crippen LogP contribution in [0.1, 0.15) is 54.6 Å². The van der Waals surface area contributed by atoms with E-state index in [1.165, 1.54) is 12.3 Å². The van der Waals surface area contributed by atoms with E-state index in [0.717, 1.165) is 18.9 Å². The predicted octanol–water partition coefficient (Wildman–Crippen LogP) is 3.32. The minimum Gasteiger partial charge on any atom is -0.462 e. The molecule has 1 heterocycles. The first-order valence-electron chi connectivity index (χ1n) is 9.53. The van der Waals surface area contributed by atoms with E-state index >= 15 is 0 Å². The molecule has 0 aliphatic heterocycles. The Labute approximate surface area is 167 Å². The van der Waals surface area contributed by atoms with Crippen LogP contribution in [-0.4, -0.2) is 29.2 Å². The number of benzene rings is 1. The second-order valence-corrected chi connectivity index (χ2v) is 7.61. The molecule has 0 bridgehead atoms. The molecule has 2 aliphatic carbocycles. The number of nitrogens with zero attached hydrogens (tertiary/aromatic N) is 1. The van der Waals surface area contributed by atoms with Gasteiger partial charge in [0, 0.05) is 23.2 Å². The van der Waals surface area contributed by atoms with Crippen LogP contribution in [0.5, 0.6) is 0 Å². The van der Waals surface area contributed by atoms with E-state index in [2.05, 4.69) is 0 Å². The SMILES string of the molecule is CCOC(=O)c1cn(C2CC2)c2cc(C3(NC(=O)C(F)(F)F)CC3)c(F)cc2c1=O. The van der Waals surface area contributed by atoms with Crippen molar-refractivity contribution < 1.29 is 31.9 Å². The second kappa shape index (κ2) is 6.82. The first-order valence-corrected chi connectivity index (χ1v) is 9.53. The molecule has 1 amide bonds. The highest BCUT2D eigenvalue weighted by Crippen LogP contribution is 2.48. The van der Waals surface area contributed by atoms with Crippen LogP contribution in [0.4, 0.5) is 17.6 Å². The molecule has 6 nitrogen and oxygen atoms in total. The summed E-state index contributed by atoms with van der Waals surface area (Å²) in [5.74, 6) is -3.88. The van der Waals surface area contributed by atoms with Gasteiger partial charge in [-0.25, -0.2) is 9.18 Å². The number of amides is 1. The molecular formula is C20H18F4N2O4. The third-order valence-electron chi connectivity index (χ3n) is 5.43. The predicted molar refractivity (Wildman–Crippen MR) is 97.5 cm³/mol. The van der Waals surface area contributed by atoms with Crippen LogP contribution in [0, 0.1) is 5.82 Å². The molecule has 0 atom stereocenters. The zero-order chi connectivity index (χ0) is 21.8.